The van der Waals surface area contributed by atoms with E-state index in [9.17, 15) is 4.79 Å². The molecule has 1 atom stereocenters. The number of benzene rings is 1. The number of hydrogen-bond donors (Lipinski definition) is 1. The molecule has 4 aliphatic rings. The molecule has 0 aromatic heterocycles. The van der Waals surface area contributed by atoms with Crippen molar-refractivity contribution in [2.45, 2.75) is 63.3 Å². The lowest BCUT2D eigenvalue weighted by Gasteiger charge is -2.57. The smallest absolute Gasteiger partial charge is 0.221 e. The molecular weight excluding hydrogens is 326 g/mol. The van der Waals surface area contributed by atoms with E-state index in [1.165, 1.54) is 38.5 Å². The molecule has 0 spiro atoms. The van der Waals surface area contributed by atoms with Crippen molar-refractivity contribution >= 4 is 5.91 Å². The summed E-state index contributed by atoms with van der Waals surface area (Å²) in [6.07, 6.45) is 8.29. The van der Waals surface area contributed by atoms with E-state index in [0.717, 1.165) is 34.8 Å². The summed E-state index contributed by atoms with van der Waals surface area (Å²) in [7, 11) is 3.32. The molecule has 0 saturated heterocycles. The Morgan fingerprint density at radius 3 is 2.27 bits per heavy atom. The molecule has 142 valence electrons. The van der Waals surface area contributed by atoms with Gasteiger partial charge in [0.2, 0.25) is 5.91 Å². The van der Waals surface area contributed by atoms with Gasteiger partial charge in [-0.3, -0.25) is 4.79 Å². The molecule has 4 fully saturated rings. The Hall–Kier alpha value is -1.71. The fourth-order valence-corrected chi connectivity index (χ4v) is 6.22. The summed E-state index contributed by atoms with van der Waals surface area (Å²) in [5.41, 5.74) is 1.16. The highest BCUT2D eigenvalue weighted by Gasteiger charge is 2.51. The van der Waals surface area contributed by atoms with Crippen molar-refractivity contribution in [1.29, 1.82) is 0 Å². The lowest BCUT2D eigenvalue weighted by atomic mass is 9.53. The molecule has 5 rings (SSSR count). The van der Waals surface area contributed by atoms with E-state index in [1.807, 2.05) is 18.2 Å². The third-order valence-electron chi connectivity index (χ3n) is 6.91. The van der Waals surface area contributed by atoms with Crippen molar-refractivity contribution in [2.75, 3.05) is 14.2 Å². The second-order valence-corrected chi connectivity index (χ2v) is 8.96. The summed E-state index contributed by atoms with van der Waals surface area (Å²) in [4.78, 5) is 12.9. The molecule has 4 aliphatic carbocycles. The maximum absolute atomic E-state index is 12.9. The van der Waals surface area contributed by atoms with Crippen LogP contribution in [0.1, 0.15) is 63.4 Å². The van der Waals surface area contributed by atoms with Crippen LogP contribution in [-0.4, -0.2) is 25.7 Å². The SMILES string of the molecule is COc1ccc(C(C)CC(=O)NC23CC4CC(CC(C4)C2)C3)c(OC)c1. The van der Waals surface area contributed by atoms with E-state index in [4.69, 9.17) is 9.47 Å². The summed E-state index contributed by atoms with van der Waals surface area (Å²) in [5.74, 6) is 4.42. The van der Waals surface area contributed by atoms with Crippen molar-refractivity contribution in [3.8, 4) is 11.5 Å². The number of ether oxygens (including phenoxy) is 2. The van der Waals surface area contributed by atoms with Crippen molar-refractivity contribution in [1.82, 2.24) is 5.32 Å². The highest BCUT2D eigenvalue weighted by atomic mass is 16.5. The predicted molar refractivity (Wildman–Crippen MR) is 102 cm³/mol. The average molecular weight is 357 g/mol. The van der Waals surface area contributed by atoms with Gasteiger partial charge in [0.15, 0.2) is 0 Å². The first-order valence-corrected chi connectivity index (χ1v) is 10.0. The highest BCUT2D eigenvalue weighted by molar-refractivity contribution is 5.78. The van der Waals surface area contributed by atoms with E-state index < -0.39 is 0 Å². The van der Waals surface area contributed by atoms with Crippen LogP contribution in [0.4, 0.5) is 0 Å². The van der Waals surface area contributed by atoms with Crippen LogP contribution >= 0.6 is 0 Å². The van der Waals surface area contributed by atoms with Crippen LogP contribution in [0.5, 0.6) is 11.5 Å². The molecule has 1 amide bonds. The minimum absolute atomic E-state index is 0.0928. The van der Waals surface area contributed by atoms with Crippen molar-refractivity contribution in [3.63, 3.8) is 0 Å². The van der Waals surface area contributed by atoms with Gasteiger partial charge in [0.25, 0.3) is 0 Å². The van der Waals surface area contributed by atoms with Gasteiger partial charge in [-0.2, -0.15) is 0 Å². The van der Waals surface area contributed by atoms with Crippen LogP contribution in [0, 0.1) is 17.8 Å². The monoisotopic (exact) mass is 357 g/mol. The van der Waals surface area contributed by atoms with Gasteiger partial charge in [-0.1, -0.05) is 13.0 Å². The number of nitrogens with one attached hydrogen (secondary N) is 1. The van der Waals surface area contributed by atoms with Gasteiger partial charge in [-0.15, -0.1) is 0 Å². The molecular formula is C22H31NO3. The third-order valence-corrected chi connectivity index (χ3v) is 6.91. The minimum Gasteiger partial charge on any atom is -0.497 e. The van der Waals surface area contributed by atoms with Crippen LogP contribution < -0.4 is 14.8 Å². The van der Waals surface area contributed by atoms with Crippen molar-refractivity contribution < 1.29 is 14.3 Å². The quantitative estimate of drug-likeness (QED) is 0.826. The van der Waals surface area contributed by atoms with E-state index >= 15 is 0 Å². The van der Waals surface area contributed by atoms with Gasteiger partial charge in [0.1, 0.15) is 11.5 Å². The molecule has 4 bridgehead atoms. The van der Waals surface area contributed by atoms with Crippen molar-refractivity contribution in [3.05, 3.63) is 23.8 Å². The Kier molecular flexibility index (Phi) is 4.62. The Morgan fingerprint density at radius 2 is 1.73 bits per heavy atom. The average Bonchev–Trinajstić information content (AvgIpc) is 2.59. The van der Waals surface area contributed by atoms with Crippen LogP contribution in [0.25, 0.3) is 0 Å². The molecule has 1 unspecified atom stereocenters. The van der Waals surface area contributed by atoms with E-state index in [1.54, 1.807) is 14.2 Å². The number of rotatable bonds is 6. The van der Waals surface area contributed by atoms with Crippen LogP contribution in [0.15, 0.2) is 18.2 Å². The first-order valence-electron chi connectivity index (χ1n) is 10.0. The molecule has 1 N–H and O–H groups in total. The normalized spacial score (nSPS) is 33.0. The zero-order valence-corrected chi connectivity index (χ0v) is 16.2. The second-order valence-electron chi connectivity index (χ2n) is 8.96. The van der Waals surface area contributed by atoms with Gasteiger partial charge in [0, 0.05) is 18.0 Å². The molecule has 4 nitrogen and oxygen atoms in total. The molecule has 1 aromatic rings. The Balaban J connectivity index is 1.42. The van der Waals surface area contributed by atoms with E-state index in [-0.39, 0.29) is 17.4 Å². The Bertz CT molecular complexity index is 649. The summed E-state index contributed by atoms with van der Waals surface area (Å²) in [6.45, 7) is 2.10. The molecule has 0 heterocycles. The van der Waals surface area contributed by atoms with Gasteiger partial charge in [-0.05, 0) is 73.8 Å². The molecule has 4 saturated carbocycles. The van der Waals surface area contributed by atoms with Crippen LogP contribution in [0.3, 0.4) is 0 Å². The van der Waals surface area contributed by atoms with E-state index in [0.29, 0.717) is 6.42 Å². The Morgan fingerprint density at radius 1 is 1.12 bits per heavy atom. The highest BCUT2D eigenvalue weighted by Crippen LogP contribution is 2.55. The van der Waals surface area contributed by atoms with Gasteiger partial charge < -0.3 is 14.8 Å². The molecule has 0 aliphatic heterocycles. The summed E-state index contributed by atoms with van der Waals surface area (Å²) in [6, 6.07) is 5.84. The van der Waals surface area contributed by atoms with Crippen LogP contribution in [0.2, 0.25) is 0 Å². The maximum Gasteiger partial charge on any atom is 0.221 e. The topological polar surface area (TPSA) is 47.6 Å². The zero-order chi connectivity index (χ0) is 18.3. The molecule has 26 heavy (non-hydrogen) atoms. The minimum atomic E-state index is 0.0928. The molecule has 4 heteroatoms. The fourth-order valence-electron chi connectivity index (χ4n) is 6.22. The lowest BCUT2D eigenvalue weighted by molar-refractivity contribution is -0.127. The first-order chi connectivity index (χ1) is 12.5. The lowest BCUT2D eigenvalue weighted by Crippen LogP contribution is -2.59. The fraction of sp³-hybridized carbons (Fsp3) is 0.682. The van der Waals surface area contributed by atoms with E-state index in [2.05, 4.69) is 12.2 Å². The number of carbonyl (C=O) groups excluding carboxylic acids is 1. The van der Waals surface area contributed by atoms with Gasteiger partial charge >= 0.3 is 0 Å². The number of methoxy groups -OCH3 is 2. The number of hydrogen-bond acceptors (Lipinski definition) is 3. The number of carbonyl (C=O) groups is 1. The van der Waals surface area contributed by atoms with Crippen LogP contribution in [-0.2, 0) is 4.79 Å². The second kappa shape index (κ2) is 6.79. The predicted octanol–water partition coefficient (Wildman–Crippen LogP) is 4.28. The maximum atomic E-state index is 12.9. The summed E-state index contributed by atoms with van der Waals surface area (Å²) < 4.78 is 10.8. The first kappa shape index (κ1) is 17.7. The molecule has 1 aromatic carbocycles. The largest absolute Gasteiger partial charge is 0.497 e. The summed E-state index contributed by atoms with van der Waals surface area (Å²) in [5, 5.41) is 3.48. The standard InChI is InChI=1S/C22H31NO3/c1-14(19-5-4-18(25-2)10-20(19)26-3)6-21(24)23-22-11-15-7-16(12-22)9-17(8-15)13-22/h4-5,10,14-17H,6-9,11-13H2,1-3H3,(H,23,24). The Labute approximate surface area is 156 Å². The third kappa shape index (κ3) is 3.30. The number of amides is 1. The zero-order valence-electron chi connectivity index (χ0n) is 16.2. The molecule has 0 radical (unpaired) electrons. The van der Waals surface area contributed by atoms with Crippen molar-refractivity contribution in [2.24, 2.45) is 17.8 Å². The van der Waals surface area contributed by atoms with Gasteiger partial charge in [-0.25, -0.2) is 0 Å². The summed E-state index contributed by atoms with van der Waals surface area (Å²) >= 11 is 0. The van der Waals surface area contributed by atoms with Gasteiger partial charge in [0.05, 0.1) is 14.2 Å².